The normalized spacial score (nSPS) is 16.5. The number of nitrogens with one attached hydrogen (secondary N) is 1. The number of hydrogen-bond donors (Lipinski definition) is 1. The molecular weight excluding hydrogens is 402 g/mol. The number of nitrogens with zero attached hydrogens (tertiary/aromatic N) is 2. The second kappa shape index (κ2) is 8.68. The Hall–Kier alpha value is -2.82. The highest BCUT2D eigenvalue weighted by Gasteiger charge is 2.27. The fourth-order valence-corrected chi connectivity index (χ4v) is 4.34. The van der Waals surface area contributed by atoms with Gasteiger partial charge in [-0.15, -0.1) is 0 Å². The molecule has 3 amide bonds. The fourth-order valence-electron chi connectivity index (χ4n) is 3.10. The van der Waals surface area contributed by atoms with Crippen LogP contribution in [0.1, 0.15) is 13.3 Å². The van der Waals surface area contributed by atoms with Crippen LogP contribution in [0.4, 0.5) is 10.5 Å². The van der Waals surface area contributed by atoms with Gasteiger partial charge in [-0.25, -0.2) is 13.2 Å². The van der Waals surface area contributed by atoms with Crippen LogP contribution in [-0.2, 0) is 24.2 Å². The standard InChI is InChI=1S/C18H23N3O7S/c1-2-27-18(24)21-8-6-20(7-9-21)17(23)5-10-29(25,26)13-3-4-14-15(11-13)28-12-16(22)19-14/h3-4,11H,2,5-10,12H2,1H3,(H,19,22). The Balaban J connectivity index is 1.55. The molecule has 158 valence electrons. The monoisotopic (exact) mass is 425 g/mol. The number of sulfone groups is 1. The van der Waals surface area contributed by atoms with E-state index in [1.165, 1.54) is 23.1 Å². The predicted molar refractivity (Wildman–Crippen MR) is 102 cm³/mol. The van der Waals surface area contributed by atoms with E-state index in [4.69, 9.17) is 9.47 Å². The molecule has 2 aliphatic rings. The van der Waals surface area contributed by atoms with Crippen molar-refractivity contribution < 1.29 is 32.3 Å². The molecule has 0 aliphatic carbocycles. The van der Waals surface area contributed by atoms with Gasteiger partial charge in [0.15, 0.2) is 16.4 Å². The minimum Gasteiger partial charge on any atom is -0.482 e. The molecule has 1 saturated heterocycles. The minimum absolute atomic E-state index is 0.0346. The molecule has 10 nitrogen and oxygen atoms in total. The van der Waals surface area contributed by atoms with Gasteiger partial charge < -0.3 is 24.6 Å². The molecule has 0 bridgehead atoms. The Morgan fingerprint density at radius 3 is 2.55 bits per heavy atom. The van der Waals surface area contributed by atoms with Crippen molar-refractivity contribution in [1.82, 2.24) is 9.80 Å². The number of anilines is 1. The van der Waals surface area contributed by atoms with Crippen molar-refractivity contribution in [2.24, 2.45) is 0 Å². The van der Waals surface area contributed by atoms with Gasteiger partial charge in [-0.1, -0.05) is 0 Å². The molecule has 1 aromatic rings. The number of benzene rings is 1. The number of ether oxygens (including phenoxy) is 2. The van der Waals surface area contributed by atoms with Crippen LogP contribution >= 0.6 is 0 Å². The Labute approximate surface area is 168 Å². The second-order valence-electron chi connectivity index (χ2n) is 6.63. The van der Waals surface area contributed by atoms with Crippen LogP contribution < -0.4 is 10.1 Å². The van der Waals surface area contributed by atoms with Crippen LogP contribution in [0.25, 0.3) is 0 Å². The molecule has 0 aromatic heterocycles. The summed E-state index contributed by atoms with van der Waals surface area (Å²) in [4.78, 5) is 38.5. The molecule has 3 rings (SSSR count). The average Bonchev–Trinajstić information content (AvgIpc) is 2.72. The van der Waals surface area contributed by atoms with Crippen LogP contribution in [-0.4, -0.2) is 81.3 Å². The zero-order valence-corrected chi connectivity index (χ0v) is 16.9. The summed E-state index contributed by atoms with van der Waals surface area (Å²) in [5, 5.41) is 2.59. The van der Waals surface area contributed by atoms with Gasteiger partial charge in [0.25, 0.3) is 5.91 Å². The van der Waals surface area contributed by atoms with Gasteiger partial charge in [0.1, 0.15) is 5.75 Å². The van der Waals surface area contributed by atoms with E-state index in [1.54, 1.807) is 11.8 Å². The summed E-state index contributed by atoms with van der Waals surface area (Å²) in [5.74, 6) is -0.637. The zero-order valence-electron chi connectivity index (χ0n) is 16.0. The van der Waals surface area contributed by atoms with Crippen molar-refractivity contribution in [2.75, 3.05) is 50.5 Å². The third kappa shape index (κ3) is 4.97. The van der Waals surface area contributed by atoms with Gasteiger partial charge in [-0.3, -0.25) is 9.59 Å². The first-order chi connectivity index (χ1) is 13.8. The van der Waals surface area contributed by atoms with E-state index in [-0.39, 0.29) is 47.8 Å². The van der Waals surface area contributed by atoms with Crippen molar-refractivity contribution in [3.8, 4) is 5.75 Å². The Morgan fingerprint density at radius 2 is 1.86 bits per heavy atom. The Bertz CT molecular complexity index is 908. The molecule has 0 radical (unpaired) electrons. The number of hydrogen-bond acceptors (Lipinski definition) is 7. The third-order valence-electron chi connectivity index (χ3n) is 4.69. The molecule has 0 unspecified atom stereocenters. The molecule has 11 heteroatoms. The van der Waals surface area contributed by atoms with Crippen molar-refractivity contribution in [2.45, 2.75) is 18.2 Å². The highest BCUT2D eigenvalue weighted by atomic mass is 32.2. The van der Waals surface area contributed by atoms with Crippen molar-refractivity contribution >= 4 is 33.4 Å². The summed E-state index contributed by atoms with van der Waals surface area (Å²) in [7, 11) is -3.70. The van der Waals surface area contributed by atoms with Gasteiger partial charge in [0.05, 0.1) is 22.9 Å². The Morgan fingerprint density at radius 1 is 1.17 bits per heavy atom. The third-order valence-corrected chi connectivity index (χ3v) is 6.40. The van der Waals surface area contributed by atoms with Crippen LogP contribution in [0.3, 0.4) is 0 Å². The summed E-state index contributed by atoms with van der Waals surface area (Å²) in [6, 6.07) is 4.20. The van der Waals surface area contributed by atoms with E-state index < -0.39 is 15.9 Å². The lowest BCUT2D eigenvalue weighted by Crippen LogP contribution is -2.50. The van der Waals surface area contributed by atoms with Crippen LogP contribution in [0.2, 0.25) is 0 Å². The van der Waals surface area contributed by atoms with Gasteiger partial charge >= 0.3 is 6.09 Å². The Kier molecular flexibility index (Phi) is 6.26. The maximum Gasteiger partial charge on any atom is 0.409 e. The van der Waals surface area contributed by atoms with E-state index in [0.717, 1.165) is 0 Å². The molecule has 1 aromatic carbocycles. The molecular formula is C18H23N3O7S. The summed E-state index contributed by atoms with van der Waals surface area (Å²) in [6.07, 6.45) is -0.566. The van der Waals surface area contributed by atoms with E-state index in [0.29, 0.717) is 31.9 Å². The van der Waals surface area contributed by atoms with Crippen molar-refractivity contribution in [3.63, 3.8) is 0 Å². The SMILES string of the molecule is CCOC(=O)N1CCN(C(=O)CCS(=O)(=O)c2ccc3c(c2)OCC(=O)N3)CC1. The molecule has 0 spiro atoms. The highest BCUT2D eigenvalue weighted by molar-refractivity contribution is 7.91. The summed E-state index contributed by atoms with van der Waals surface area (Å²) in [5.41, 5.74) is 0.413. The maximum absolute atomic E-state index is 12.6. The number of carbonyl (C=O) groups excluding carboxylic acids is 3. The van der Waals surface area contributed by atoms with Gasteiger partial charge in [0, 0.05) is 38.7 Å². The smallest absolute Gasteiger partial charge is 0.409 e. The number of amides is 3. The van der Waals surface area contributed by atoms with E-state index in [9.17, 15) is 22.8 Å². The number of carbonyl (C=O) groups is 3. The highest BCUT2D eigenvalue weighted by Crippen LogP contribution is 2.30. The first-order valence-corrected chi connectivity index (χ1v) is 10.9. The average molecular weight is 425 g/mol. The summed E-state index contributed by atoms with van der Waals surface area (Å²) >= 11 is 0. The molecule has 1 N–H and O–H groups in total. The molecule has 2 aliphatic heterocycles. The quantitative estimate of drug-likeness (QED) is 0.728. The van der Waals surface area contributed by atoms with Crippen molar-refractivity contribution in [3.05, 3.63) is 18.2 Å². The number of rotatable bonds is 5. The lowest BCUT2D eigenvalue weighted by molar-refractivity contribution is -0.132. The van der Waals surface area contributed by atoms with Crippen LogP contribution in [0.15, 0.2) is 23.1 Å². The summed E-state index contributed by atoms with van der Waals surface area (Å²) < 4.78 is 35.4. The molecule has 29 heavy (non-hydrogen) atoms. The lowest BCUT2D eigenvalue weighted by Gasteiger charge is -2.34. The first-order valence-electron chi connectivity index (χ1n) is 9.29. The maximum atomic E-state index is 12.6. The first kappa shape index (κ1) is 20.9. The lowest BCUT2D eigenvalue weighted by atomic mass is 10.2. The molecule has 2 heterocycles. The van der Waals surface area contributed by atoms with Crippen LogP contribution in [0.5, 0.6) is 5.75 Å². The van der Waals surface area contributed by atoms with E-state index >= 15 is 0 Å². The fraction of sp³-hybridized carbons (Fsp3) is 0.500. The topological polar surface area (TPSA) is 122 Å². The van der Waals surface area contributed by atoms with Gasteiger partial charge in [-0.2, -0.15) is 0 Å². The minimum atomic E-state index is -3.70. The van der Waals surface area contributed by atoms with Crippen LogP contribution in [0, 0.1) is 0 Å². The number of fused-ring (bicyclic) bond motifs is 1. The van der Waals surface area contributed by atoms with E-state index in [2.05, 4.69) is 5.32 Å². The van der Waals surface area contributed by atoms with Gasteiger partial charge in [0.2, 0.25) is 5.91 Å². The summed E-state index contributed by atoms with van der Waals surface area (Å²) in [6.45, 7) is 3.22. The van der Waals surface area contributed by atoms with Gasteiger partial charge in [-0.05, 0) is 19.1 Å². The molecule has 0 saturated carbocycles. The van der Waals surface area contributed by atoms with Crippen molar-refractivity contribution in [1.29, 1.82) is 0 Å². The predicted octanol–water partition coefficient (Wildman–Crippen LogP) is 0.482. The largest absolute Gasteiger partial charge is 0.482 e. The van der Waals surface area contributed by atoms with E-state index in [1.807, 2.05) is 0 Å². The molecule has 1 fully saturated rings. The zero-order chi connectivity index (χ0) is 21.0. The second-order valence-corrected chi connectivity index (χ2v) is 8.74. The number of piperazine rings is 1. The molecule has 0 atom stereocenters.